The van der Waals surface area contributed by atoms with Gasteiger partial charge < -0.3 is 14.4 Å². The molecule has 0 spiro atoms. The van der Waals surface area contributed by atoms with Crippen molar-refractivity contribution in [2.24, 2.45) is 0 Å². The van der Waals surface area contributed by atoms with Gasteiger partial charge in [-0.15, -0.1) is 0 Å². The number of benzene rings is 2. The average Bonchev–Trinajstić information content (AvgIpc) is 3.13. The van der Waals surface area contributed by atoms with E-state index in [0.29, 0.717) is 35.3 Å². The van der Waals surface area contributed by atoms with Crippen LogP contribution in [-0.4, -0.2) is 67.6 Å². The fraction of sp³-hybridized carbons (Fsp3) is 0.517. The minimum atomic E-state index is -0.248. The number of nitrogens with zero attached hydrogens (tertiary/aromatic N) is 3. The molecule has 194 valence electrons. The van der Waals surface area contributed by atoms with Crippen molar-refractivity contribution in [1.29, 1.82) is 0 Å². The molecule has 0 atom stereocenters. The maximum Gasteiger partial charge on any atom is 0.261 e. The standard InChI is InChI=1S/C29H39N3O4/c1-5-8-22(9-6-2)30-14-16-31(17-15-30)23-11-12-24-25(19-23)29(34)32(28(24)33)20-21-10-13-26(35-4)27(18-21)36-7-3/h10-13,18-19,22H,5-9,14-17,20H2,1-4H3. The van der Waals surface area contributed by atoms with Crippen molar-refractivity contribution >= 4 is 17.5 Å². The predicted octanol–water partition coefficient (Wildman–Crippen LogP) is 4.98. The molecule has 0 saturated carbocycles. The van der Waals surface area contributed by atoms with Gasteiger partial charge in [0.15, 0.2) is 11.5 Å². The molecule has 0 aliphatic carbocycles. The molecule has 2 aliphatic heterocycles. The van der Waals surface area contributed by atoms with Crippen LogP contribution in [-0.2, 0) is 6.54 Å². The van der Waals surface area contributed by atoms with Crippen LogP contribution >= 0.6 is 0 Å². The highest BCUT2D eigenvalue weighted by Crippen LogP contribution is 2.32. The van der Waals surface area contributed by atoms with Crippen LogP contribution in [0.2, 0.25) is 0 Å². The molecule has 0 aromatic heterocycles. The molecule has 0 radical (unpaired) electrons. The summed E-state index contributed by atoms with van der Waals surface area (Å²) in [6.07, 6.45) is 4.93. The van der Waals surface area contributed by atoms with E-state index in [1.807, 2.05) is 43.3 Å². The Hall–Kier alpha value is -3.06. The van der Waals surface area contributed by atoms with E-state index < -0.39 is 0 Å². The Bertz CT molecular complexity index is 1070. The van der Waals surface area contributed by atoms with Crippen molar-refractivity contribution in [3.8, 4) is 11.5 Å². The van der Waals surface area contributed by atoms with Gasteiger partial charge in [-0.2, -0.15) is 0 Å². The lowest BCUT2D eigenvalue weighted by Crippen LogP contribution is -2.50. The zero-order chi connectivity index (χ0) is 25.7. The van der Waals surface area contributed by atoms with Gasteiger partial charge >= 0.3 is 0 Å². The van der Waals surface area contributed by atoms with Gasteiger partial charge in [0.25, 0.3) is 11.8 Å². The first-order chi connectivity index (χ1) is 17.5. The predicted molar refractivity (Wildman–Crippen MR) is 142 cm³/mol. The van der Waals surface area contributed by atoms with Crippen LogP contribution in [0, 0.1) is 0 Å². The summed E-state index contributed by atoms with van der Waals surface area (Å²) in [4.78, 5) is 32.7. The Morgan fingerprint density at radius 3 is 2.17 bits per heavy atom. The number of rotatable bonds is 11. The van der Waals surface area contributed by atoms with E-state index in [1.165, 1.54) is 30.6 Å². The van der Waals surface area contributed by atoms with Crippen molar-refractivity contribution < 1.29 is 19.1 Å². The summed E-state index contributed by atoms with van der Waals surface area (Å²) in [5.74, 6) is 0.747. The van der Waals surface area contributed by atoms with Gasteiger partial charge in [0.05, 0.1) is 31.4 Å². The molecule has 2 aliphatic rings. The summed E-state index contributed by atoms with van der Waals surface area (Å²) < 4.78 is 11.0. The van der Waals surface area contributed by atoms with Crippen LogP contribution in [0.4, 0.5) is 5.69 Å². The first-order valence-electron chi connectivity index (χ1n) is 13.3. The monoisotopic (exact) mass is 493 g/mol. The number of piperazine rings is 1. The van der Waals surface area contributed by atoms with Gasteiger partial charge in [0.2, 0.25) is 0 Å². The average molecular weight is 494 g/mol. The molecule has 1 saturated heterocycles. The van der Waals surface area contributed by atoms with E-state index in [4.69, 9.17) is 9.47 Å². The minimum Gasteiger partial charge on any atom is -0.493 e. The maximum absolute atomic E-state index is 13.3. The molecule has 2 heterocycles. The van der Waals surface area contributed by atoms with Gasteiger partial charge in [0.1, 0.15) is 0 Å². The zero-order valence-electron chi connectivity index (χ0n) is 22.1. The molecule has 0 unspecified atom stereocenters. The number of carbonyl (C=O) groups excluding carboxylic acids is 2. The number of hydrogen-bond donors (Lipinski definition) is 0. The maximum atomic E-state index is 13.3. The molecular formula is C29H39N3O4. The molecular weight excluding hydrogens is 454 g/mol. The van der Waals surface area contributed by atoms with Gasteiger partial charge in [-0.05, 0) is 55.7 Å². The summed E-state index contributed by atoms with van der Waals surface area (Å²) in [5, 5.41) is 0. The van der Waals surface area contributed by atoms with E-state index >= 15 is 0 Å². The van der Waals surface area contributed by atoms with Crippen molar-refractivity contribution in [2.45, 2.75) is 59.0 Å². The number of fused-ring (bicyclic) bond motifs is 1. The lowest BCUT2D eigenvalue weighted by Gasteiger charge is -2.40. The number of methoxy groups -OCH3 is 1. The fourth-order valence-corrected chi connectivity index (χ4v) is 5.41. The molecule has 1 fully saturated rings. The third-order valence-corrected chi connectivity index (χ3v) is 7.26. The number of amides is 2. The van der Waals surface area contributed by atoms with E-state index in [9.17, 15) is 9.59 Å². The Kier molecular flexibility index (Phi) is 8.52. The van der Waals surface area contributed by atoms with E-state index in [1.54, 1.807) is 7.11 Å². The molecule has 7 nitrogen and oxygen atoms in total. The molecule has 2 aromatic carbocycles. The van der Waals surface area contributed by atoms with Crippen LogP contribution in [0.5, 0.6) is 11.5 Å². The third-order valence-electron chi connectivity index (χ3n) is 7.26. The van der Waals surface area contributed by atoms with Gasteiger partial charge in [-0.1, -0.05) is 32.8 Å². The first kappa shape index (κ1) is 26.0. The van der Waals surface area contributed by atoms with Crippen LogP contribution in [0.25, 0.3) is 0 Å². The molecule has 4 rings (SSSR count). The van der Waals surface area contributed by atoms with E-state index in [-0.39, 0.29) is 18.4 Å². The number of anilines is 1. The highest BCUT2D eigenvalue weighted by Gasteiger charge is 2.36. The van der Waals surface area contributed by atoms with Gasteiger partial charge in [-0.3, -0.25) is 19.4 Å². The third kappa shape index (κ3) is 5.36. The fourth-order valence-electron chi connectivity index (χ4n) is 5.41. The molecule has 2 amide bonds. The largest absolute Gasteiger partial charge is 0.493 e. The smallest absolute Gasteiger partial charge is 0.261 e. The zero-order valence-corrected chi connectivity index (χ0v) is 22.1. The number of hydrogen-bond acceptors (Lipinski definition) is 6. The van der Waals surface area contributed by atoms with E-state index in [0.717, 1.165) is 37.4 Å². The summed E-state index contributed by atoms with van der Waals surface area (Å²) in [6.45, 7) is 11.0. The lowest BCUT2D eigenvalue weighted by atomic mass is 10.0. The number of carbonyl (C=O) groups is 2. The highest BCUT2D eigenvalue weighted by atomic mass is 16.5. The number of ether oxygens (including phenoxy) is 2. The second kappa shape index (κ2) is 11.8. The van der Waals surface area contributed by atoms with Gasteiger partial charge in [0, 0.05) is 37.9 Å². The lowest BCUT2D eigenvalue weighted by molar-refractivity contribution is 0.0642. The van der Waals surface area contributed by atoms with Crippen molar-refractivity contribution in [3.63, 3.8) is 0 Å². The quantitative estimate of drug-likeness (QED) is 0.412. The topological polar surface area (TPSA) is 62.3 Å². The van der Waals surface area contributed by atoms with Crippen LogP contribution in [0.1, 0.15) is 72.7 Å². The second-order valence-corrected chi connectivity index (χ2v) is 9.60. The van der Waals surface area contributed by atoms with E-state index in [2.05, 4.69) is 23.6 Å². The summed E-state index contributed by atoms with van der Waals surface area (Å²) in [6, 6.07) is 11.9. The summed E-state index contributed by atoms with van der Waals surface area (Å²) in [5.41, 5.74) is 2.81. The molecule has 2 aromatic rings. The second-order valence-electron chi connectivity index (χ2n) is 9.60. The normalized spacial score (nSPS) is 16.1. The summed E-state index contributed by atoms with van der Waals surface area (Å²) >= 11 is 0. The Labute approximate surface area is 215 Å². The highest BCUT2D eigenvalue weighted by molar-refractivity contribution is 6.21. The molecule has 7 heteroatoms. The number of imide groups is 1. The molecule has 0 N–H and O–H groups in total. The Morgan fingerprint density at radius 2 is 1.53 bits per heavy atom. The SMILES string of the molecule is CCCC(CCC)N1CCN(c2ccc3c(c2)C(=O)N(Cc2ccc(OC)c(OCC)c2)C3=O)CC1. The van der Waals surface area contributed by atoms with Crippen molar-refractivity contribution in [2.75, 3.05) is 44.8 Å². The van der Waals surface area contributed by atoms with Gasteiger partial charge in [-0.25, -0.2) is 0 Å². The van der Waals surface area contributed by atoms with Crippen LogP contribution < -0.4 is 14.4 Å². The Balaban J connectivity index is 1.45. The minimum absolute atomic E-state index is 0.195. The van der Waals surface area contributed by atoms with Crippen LogP contribution in [0.3, 0.4) is 0 Å². The van der Waals surface area contributed by atoms with Crippen molar-refractivity contribution in [3.05, 3.63) is 53.1 Å². The Morgan fingerprint density at radius 1 is 0.833 bits per heavy atom. The first-order valence-corrected chi connectivity index (χ1v) is 13.3. The van der Waals surface area contributed by atoms with Crippen LogP contribution in [0.15, 0.2) is 36.4 Å². The molecule has 36 heavy (non-hydrogen) atoms. The van der Waals surface area contributed by atoms with Crippen molar-refractivity contribution in [1.82, 2.24) is 9.80 Å². The molecule has 0 bridgehead atoms. The summed E-state index contributed by atoms with van der Waals surface area (Å²) in [7, 11) is 1.59.